The number of imidazole rings is 1. The van der Waals surface area contributed by atoms with Crippen LogP contribution in [0, 0.1) is 4.77 Å². The number of carbonyl (C=O) groups excluding carboxylic acids is 1. The number of benzene rings is 1. The molecule has 0 unspecified atom stereocenters. The molecule has 2 aromatic rings. The van der Waals surface area contributed by atoms with E-state index in [1.54, 1.807) is 10.8 Å². The number of carbonyl (C=O) groups is 1. The molecule has 1 aromatic heterocycles. The molecule has 2 rings (SSSR count). The summed E-state index contributed by atoms with van der Waals surface area (Å²) in [6.07, 6.45) is 1.63. The Morgan fingerprint density at radius 3 is 2.61 bits per heavy atom. The summed E-state index contributed by atoms with van der Waals surface area (Å²) in [7, 11) is 0. The van der Waals surface area contributed by atoms with Gasteiger partial charge in [0.15, 0.2) is 4.77 Å². The number of rotatable bonds is 3. The SMILES string of the molecule is CC(C)NC(=O)c1c[nH]c(=S)n1-c1ccccc1. The van der Waals surface area contributed by atoms with Crippen LogP contribution in [0.5, 0.6) is 0 Å². The zero-order valence-corrected chi connectivity index (χ0v) is 11.1. The van der Waals surface area contributed by atoms with Gasteiger partial charge in [0.2, 0.25) is 0 Å². The second-order valence-electron chi connectivity index (χ2n) is 4.28. The summed E-state index contributed by atoms with van der Waals surface area (Å²) < 4.78 is 2.24. The fourth-order valence-electron chi connectivity index (χ4n) is 1.71. The van der Waals surface area contributed by atoms with E-state index in [1.165, 1.54) is 0 Å². The van der Waals surface area contributed by atoms with Crippen molar-refractivity contribution in [2.24, 2.45) is 0 Å². The summed E-state index contributed by atoms with van der Waals surface area (Å²) >= 11 is 5.22. The van der Waals surface area contributed by atoms with Gasteiger partial charge in [-0.25, -0.2) is 0 Å². The third-order valence-corrected chi connectivity index (χ3v) is 2.74. The van der Waals surface area contributed by atoms with E-state index in [1.807, 2.05) is 44.2 Å². The summed E-state index contributed by atoms with van der Waals surface area (Å²) in [5.41, 5.74) is 1.39. The van der Waals surface area contributed by atoms with E-state index in [4.69, 9.17) is 12.2 Å². The van der Waals surface area contributed by atoms with Crippen molar-refractivity contribution in [3.05, 3.63) is 47.0 Å². The number of nitrogens with zero attached hydrogens (tertiary/aromatic N) is 1. The Morgan fingerprint density at radius 2 is 2.00 bits per heavy atom. The monoisotopic (exact) mass is 261 g/mol. The Kier molecular flexibility index (Phi) is 3.62. The van der Waals surface area contributed by atoms with E-state index >= 15 is 0 Å². The average Bonchev–Trinajstić information content (AvgIpc) is 2.71. The zero-order valence-electron chi connectivity index (χ0n) is 10.3. The number of hydrogen-bond acceptors (Lipinski definition) is 2. The average molecular weight is 261 g/mol. The van der Waals surface area contributed by atoms with E-state index in [2.05, 4.69) is 10.3 Å². The van der Waals surface area contributed by atoms with Gasteiger partial charge >= 0.3 is 0 Å². The van der Waals surface area contributed by atoms with E-state index in [-0.39, 0.29) is 11.9 Å². The summed E-state index contributed by atoms with van der Waals surface area (Å²) in [6, 6.07) is 9.66. The van der Waals surface area contributed by atoms with Crippen LogP contribution >= 0.6 is 12.2 Å². The van der Waals surface area contributed by atoms with Gasteiger partial charge in [-0.15, -0.1) is 0 Å². The van der Waals surface area contributed by atoms with Crippen LogP contribution in [0.3, 0.4) is 0 Å². The van der Waals surface area contributed by atoms with E-state index in [0.29, 0.717) is 10.5 Å². The molecule has 5 heteroatoms. The first-order chi connectivity index (χ1) is 8.59. The lowest BCUT2D eigenvalue weighted by Crippen LogP contribution is -2.31. The minimum atomic E-state index is -0.138. The Bertz CT molecular complexity index is 598. The molecular weight excluding hydrogens is 246 g/mol. The fraction of sp³-hybridized carbons (Fsp3) is 0.231. The first-order valence-electron chi connectivity index (χ1n) is 5.76. The molecule has 0 bridgehead atoms. The van der Waals surface area contributed by atoms with Gasteiger partial charge in [0.05, 0.1) is 0 Å². The van der Waals surface area contributed by atoms with Gasteiger partial charge in [0.25, 0.3) is 5.91 Å². The van der Waals surface area contributed by atoms with Crippen LogP contribution in [0.15, 0.2) is 36.5 Å². The smallest absolute Gasteiger partial charge is 0.270 e. The molecular formula is C13H15N3OS. The van der Waals surface area contributed by atoms with Gasteiger partial charge in [0, 0.05) is 17.9 Å². The molecule has 1 heterocycles. The first kappa shape index (κ1) is 12.6. The lowest BCUT2D eigenvalue weighted by atomic mass is 10.3. The van der Waals surface area contributed by atoms with Crippen LogP contribution in [0.2, 0.25) is 0 Å². The third-order valence-electron chi connectivity index (χ3n) is 2.44. The minimum absolute atomic E-state index is 0.0881. The zero-order chi connectivity index (χ0) is 13.1. The van der Waals surface area contributed by atoms with E-state index in [0.717, 1.165) is 5.69 Å². The maximum atomic E-state index is 12.1. The summed E-state index contributed by atoms with van der Waals surface area (Å²) in [4.78, 5) is 15.0. The normalized spacial score (nSPS) is 10.6. The molecule has 1 amide bonds. The largest absolute Gasteiger partial charge is 0.349 e. The minimum Gasteiger partial charge on any atom is -0.349 e. The molecule has 94 valence electrons. The van der Waals surface area contributed by atoms with Gasteiger partial charge in [-0.2, -0.15) is 0 Å². The molecule has 0 saturated heterocycles. The Labute approximate surface area is 111 Å². The Morgan fingerprint density at radius 1 is 1.33 bits per heavy atom. The standard InChI is InChI=1S/C13H15N3OS/c1-9(2)15-12(17)11-8-14-13(18)16(11)10-6-4-3-5-7-10/h3-9H,1-2H3,(H,14,18)(H,15,17). The van der Waals surface area contributed by atoms with Crippen molar-refractivity contribution in [1.82, 2.24) is 14.9 Å². The van der Waals surface area contributed by atoms with Crippen LogP contribution in [-0.2, 0) is 0 Å². The van der Waals surface area contributed by atoms with Crippen LogP contribution in [-0.4, -0.2) is 21.5 Å². The van der Waals surface area contributed by atoms with Crippen molar-refractivity contribution in [2.75, 3.05) is 0 Å². The Hall–Kier alpha value is -1.88. The predicted molar refractivity (Wildman–Crippen MR) is 73.6 cm³/mol. The van der Waals surface area contributed by atoms with Gasteiger partial charge in [0.1, 0.15) is 5.69 Å². The van der Waals surface area contributed by atoms with Gasteiger partial charge < -0.3 is 10.3 Å². The highest BCUT2D eigenvalue weighted by Crippen LogP contribution is 2.12. The molecule has 0 saturated carbocycles. The highest BCUT2D eigenvalue weighted by atomic mass is 32.1. The molecule has 0 aliphatic carbocycles. The number of hydrogen-bond donors (Lipinski definition) is 2. The molecule has 0 fully saturated rings. The van der Waals surface area contributed by atoms with Crippen molar-refractivity contribution in [2.45, 2.75) is 19.9 Å². The number of aromatic amines is 1. The number of aromatic nitrogens is 2. The van der Waals surface area contributed by atoms with Gasteiger partial charge in [-0.1, -0.05) is 18.2 Å². The van der Waals surface area contributed by atoms with Crippen molar-refractivity contribution in [1.29, 1.82) is 0 Å². The van der Waals surface area contributed by atoms with Crippen molar-refractivity contribution >= 4 is 18.1 Å². The second-order valence-corrected chi connectivity index (χ2v) is 4.66. The molecule has 1 aromatic carbocycles. The van der Waals surface area contributed by atoms with Gasteiger partial charge in [-0.3, -0.25) is 9.36 Å². The lowest BCUT2D eigenvalue weighted by Gasteiger charge is -2.10. The first-order valence-corrected chi connectivity index (χ1v) is 6.17. The number of H-pyrrole nitrogens is 1. The van der Waals surface area contributed by atoms with Crippen LogP contribution < -0.4 is 5.32 Å². The molecule has 0 aliphatic rings. The van der Waals surface area contributed by atoms with Gasteiger partial charge in [-0.05, 0) is 38.2 Å². The molecule has 0 atom stereocenters. The van der Waals surface area contributed by atoms with E-state index < -0.39 is 0 Å². The summed E-state index contributed by atoms with van der Waals surface area (Å²) in [6.45, 7) is 3.85. The number of para-hydroxylation sites is 1. The highest BCUT2D eigenvalue weighted by molar-refractivity contribution is 7.71. The topological polar surface area (TPSA) is 49.8 Å². The van der Waals surface area contributed by atoms with E-state index in [9.17, 15) is 4.79 Å². The molecule has 0 spiro atoms. The molecule has 2 N–H and O–H groups in total. The molecule has 18 heavy (non-hydrogen) atoms. The maximum Gasteiger partial charge on any atom is 0.270 e. The van der Waals surface area contributed by atoms with Crippen LogP contribution in [0.1, 0.15) is 24.3 Å². The van der Waals surface area contributed by atoms with Crippen molar-refractivity contribution < 1.29 is 4.79 Å². The predicted octanol–water partition coefficient (Wildman–Crippen LogP) is 2.67. The highest BCUT2D eigenvalue weighted by Gasteiger charge is 2.14. The van der Waals surface area contributed by atoms with Crippen LogP contribution in [0.4, 0.5) is 0 Å². The lowest BCUT2D eigenvalue weighted by molar-refractivity contribution is 0.0936. The Balaban J connectivity index is 2.46. The summed E-state index contributed by atoms with van der Waals surface area (Å²) in [5, 5.41) is 2.86. The maximum absolute atomic E-state index is 12.1. The number of nitrogens with one attached hydrogen (secondary N) is 2. The van der Waals surface area contributed by atoms with Crippen molar-refractivity contribution in [3.63, 3.8) is 0 Å². The third kappa shape index (κ3) is 2.51. The number of amides is 1. The second kappa shape index (κ2) is 5.18. The molecule has 0 aliphatic heterocycles. The quantitative estimate of drug-likeness (QED) is 0.835. The fourth-order valence-corrected chi connectivity index (χ4v) is 1.97. The molecule has 4 nitrogen and oxygen atoms in total. The van der Waals surface area contributed by atoms with Crippen molar-refractivity contribution in [3.8, 4) is 5.69 Å². The summed E-state index contributed by atoms with van der Waals surface area (Å²) in [5.74, 6) is -0.138. The molecule has 0 radical (unpaired) electrons. The van der Waals surface area contributed by atoms with Crippen LogP contribution in [0.25, 0.3) is 5.69 Å².